The third kappa shape index (κ3) is 4.32. The molecule has 0 bridgehead atoms. The number of anilines is 4. The SMILES string of the molecule is CC(=O)Nc1ccc2c(c1)c(N)nn2Cc1ccc(C(=O)Nc2ccccc2N)cc1. The van der Waals surface area contributed by atoms with Crippen LogP contribution in [0.2, 0.25) is 0 Å². The minimum absolute atomic E-state index is 0.149. The third-order valence-corrected chi connectivity index (χ3v) is 4.86. The number of hydrogen-bond acceptors (Lipinski definition) is 5. The van der Waals surface area contributed by atoms with E-state index in [1.54, 1.807) is 35.0 Å². The fourth-order valence-electron chi connectivity index (χ4n) is 3.35. The van der Waals surface area contributed by atoms with Crippen LogP contribution >= 0.6 is 0 Å². The third-order valence-electron chi connectivity index (χ3n) is 4.86. The van der Waals surface area contributed by atoms with Gasteiger partial charge in [0.1, 0.15) is 0 Å². The Morgan fingerprint density at radius 1 is 0.968 bits per heavy atom. The standard InChI is InChI=1S/C23H22N6O2/c1-14(30)26-17-10-11-21-18(12-17)22(25)28-29(21)13-15-6-8-16(9-7-15)23(31)27-20-5-3-2-4-19(20)24/h2-12H,13,24H2,1H3,(H2,25,28)(H,26,30)(H,27,31). The Morgan fingerprint density at radius 2 is 1.71 bits per heavy atom. The Morgan fingerprint density at radius 3 is 2.42 bits per heavy atom. The lowest BCUT2D eigenvalue weighted by Gasteiger charge is -2.09. The number of nitrogens with two attached hydrogens (primary N) is 2. The number of fused-ring (bicyclic) bond motifs is 1. The van der Waals surface area contributed by atoms with Crippen molar-refractivity contribution in [3.05, 3.63) is 77.9 Å². The zero-order valence-corrected chi connectivity index (χ0v) is 16.9. The van der Waals surface area contributed by atoms with Crippen molar-refractivity contribution in [3.63, 3.8) is 0 Å². The van der Waals surface area contributed by atoms with Crippen molar-refractivity contribution < 1.29 is 9.59 Å². The van der Waals surface area contributed by atoms with Gasteiger partial charge in [0.2, 0.25) is 5.91 Å². The summed E-state index contributed by atoms with van der Waals surface area (Å²) in [5.74, 6) is 0.00627. The molecule has 0 radical (unpaired) electrons. The molecule has 156 valence electrons. The molecule has 31 heavy (non-hydrogen) atoms. The first kappa shape index (κ1) is 20.0. The van der Waals surface area contributed by atoms with E-state index in [4.69, 9.17) is 11.5 Å². The predicted octanol–water partition coefficient (Wildman–Crippen LogP) is 3.46. The number of nitrogens with one attached hydrogen (secondary N) is 2. The maximum Gasteiger partial charge on any atom is 0.255 e. The molecule has 2 amide bonds. The van der Waals surface area contributed by atoms with Crippen LogP contribution in [0.5, 0.6) is 0 Å². The predicted molar refractivity (Wildman–Crippen MR) is 123 cm³/mol. The van der Waals surface area contributed by atoms with E-state index in [-0.39, 0.29) is 11.8 Å². The molecular formula is C23H22N6O2. The van der Waals surface area contributed by atoms with Gasteiger partial charge in [-0.1, -0.05) is 24.3 Å². The fourth-order valence-corrected chi connectivity index (χ4v) is 3.35. The maximum absolute atomic E-state index is 12.5. The van der Waals surface area contributed by atoms with Gasteiger partial charge in [-0.25, -0.2) is 0 Å². The molecule has 0 saturated heterocycles. The second-order valence-electron chi connectivity index (χ2n) is 7.19. The van der Waals surface area contributed by atoms with E-state index in [0.29, 0.717) is 35.0 Å². The van der Waals surface area contributed by atoms with E-state index in [9.17, 15) is 9.59 Å². The molecule has 0 atom stereocenters. The molecule has 0 spiro atoms. The van der Waals surface area contributed by atoms with E-state index in [1.165, 1.54) is 6.92 Å². The van der Waals surface area contributed by atoms with E-state index in [2.05, 4.69) is 15.7 Å². The first-order valence-electron chi connectivity index (χ1n) is 9.69. The molecule has 0 aliphatic heterocycles. The van der Waals surface area contributed by atoms with Gasteiger partial charge >= 0.3 is 0 Å². The largest absolute Gasteiger partial charge is 0.397 e. The molecule has 8 nitrogen and oxygen atoms in total. The molecule has 0 unspecified atom stereocenters. The number of carbonyl (C=O) groups is 2. The Bertz CT molecular complexity index is 1280. The fraction of sp³-hybridized carbons (Fsp3) is 0.0870. The molecule has 0 fully saturated rings. The Hall–Kier alpha value is -4.33. The molecule has 0 aliphatic carbocycles. The van der Waals surface area contributed by atoms with Gasteiger partial charge in [0, 0.05) is 23.6 Å². The van der Waals surface area contributed by atoms with Crippen LogP contribution in [-0.2, 0) is 11.3 Å². The molecule has 0 aliphatic rings. The summed E-state index contributed by atoms with van der Waals surface area (Å²) in [5.41, 5.74) is 16.1. The van der Waals surface area contributed by atoms with Crippen molar-refractivity contribution >= 4 is 45.6 Å². The number of amides is 2. The Balaban J connectivity index is 1.51. The van der Waals surface area contributed by atoms with Gasteiger partial charge in [-0.05, 0) is 48.0 Å². The van der Waals surface area contributed by atoms with E-state index >= 15 is 0 Å². The highest BCUT2D eigenvalue weighted by Crippen LogP contribution is 2.25. The normalized spacial score (nSPS) is 10.7. The van der Waals surface area contributed by atoms with Crippen molar-refractivity contribution in [2.24, 2.45) is 0 Å². The number of carbonyl (C=O) groups excluding carboxylic acids is 2. The molecule has 3 aromatic carbocycles. The van der Waals surface area contributed by atoms with Crippen LogP contribution in [0.1, 0.15) is 22.8 Å². The summed E-state index contributed by atoms with van der Waals surface area (Å²) in [4.78, 5) is 23.8. The van der Waals surface area contributed by atoms with Crippen LogP contribution < -0.4 is 22.1 Å². The molecule has 1 aromatic heterocycles. The number of aromatic nitrogens is 2. The summed E-state index contributed by atoms with van der Waals surface area (Å²) in [6.45, 7) is 1.94. The van der Waals surface area contributed by atoms with Gasteiger partial charge in [-0.3, -0.25) is 14.3 Å². The quantitative estimate of drug-likeness (QED) is 0.372. The van der Waals surface area contributed by atoms with Gasteiger partial charge in [0.05, 0.1) is 23.4 Å². The number of nitrogens with zero attached hydrogens (tertiary/aromatic N) is 2. The summed E-state index contributed by atoms with van der Waals surface area (Å²) in [5, 5.41) is 10.7. The van der Waals surface area contributed by atoms with Crippen molar-refractivity contribution in [1.29, 1.82) is 0 Å². The highest BCUT2D eigenvalue weighted by atomic mass is 16.2. The Kier molecular flexibility index (Phi) is 5.28. The molecule has 4 rings (SSSR count). The van der Waals surface area contributed by atoms with Crippen LogP contribution in [0.25, 0.3) is 10.9 Å². The summed E-state index contributed by atoms with van der Waals surface area (Å²) >= 11 is 0. The van der Waals surface area contributed by atoms with Crippen molar-refractivity contribution in [2.45, 2.75) is 13.5 Å². The summed E-state index contributed by atoms with van der Waals surface area (Å²) in [6.07, 6.45) is 0. The topological polar surface area (TPSA) is 128 Å². The van der Waals surface area contributed by atoms with Crippen molar-refractivity contribution in [2.75, 3.05) is 22.1 Å². The second kappa shape index (κ2) is 8.19. The van der Waals surface area contributed by atoms with E-state index in [1.807, 2.05) is 36.4 Å². The minimum Gasteiger partial charge on any atom is -0.397 e. The second-order valence-corrected chi connectivity index (χ2v) is 7.19. The molecule has 8 heteroatoms. The van der Waals surface area contributed by atoms with Crippen LogP contribution in [0.4, 0.5) is 22.9 Å². The van der Waals surface area contributed by atoms with Crippen LogP contribution in [0.15, 0.2) is 66.7 Å². The number of benzene rings is 3. The maximum atomic E-state index is 12.5. The Labute approximate surface area is 178 Å². The molecule has 1 heterocycles. The number of nitrogen functional groups attached to an aromatic ring is 2. The van der Waals surface area contributed by atoms with Gasteiger partial charge in [0.15, 0.2) is 5.82 Å². The smallest absolute Gasteiger partial charge is 0.255 e. The van der Waals surface area contributed by atoms with E-state index in [0.717, 1.165) is 16.5 Å². The summed E-state index contributed by atoms with van der Waals surface area (Å²) in [6, 6.07) is 19.9. The molecule has 4 aromatic rings. The molecule has 0 saturated carbocycles. The zero-order chi connectivity index (χ0) is 22.0. The first-order valence-corrected chi connectivity index (χ1v) is 9.69. The highest BCUT2D eigenvalue weighted by Gasteiger charge is 2.11. The average Bonchev–Trinajstić information content (AvgIpc) is 3.04. The minimum atomic E-state index is -0.233. The monoisotopic (exact) mass is 414 g/mol. The van der Waals surface area contributed by atoms with E-state index < -0.39 is 0 Å². The number of para-hydroxylation sites is 2. The highest BCUT2D eigenvalue weighted by molar-refractivity contribution is 6.05. The van der Waals surface area contributed by atoms with Gasteiger partial charge in [-0.15, -0.1) is 0 Å². The average molecular weight is 414 g/mol. The van der Waals surface area contributed by atoms with Gasteiger partial charge < -0.3 is 22.1 Å². The zero-order valence-electron chi connectivity index (χ0n) is 16.9. The van der Waals surface area contributed by atoms with Gasteiger partial charge in [-0.2, -0.15) is 5.10 Å². The van der Waals surface area contributed by atoms with Crippen molar-refractivity contribution in [3.8, 4) is 0 Å². The molecular weight excluding hydrogens is 392 g/mol. The first-order chi connectivity index (χ1) is 14.9. The summed E-state index contributed by atoms with van der Waals surface area (Å²) in [7, 11) is 0. The van der Waals surface area contributed by atoms with Crippen molar-refractivity contribution in [1.82, 2.24) is 9.78 Å². The lowest BCUT2D eigenvalue weighted by atomic mass is 10.1. The van der Waals surface area contributed by atoms with Crippen LogP contribution in [0.3, 0.4) is 0 Å². The number of rotatable bonds is 5. The van der Waals surface area contributed by atoms with Crippen LogP contribution in [0, 0.1) is 0 Å². The van der Waals surface area contributed by atoms with Crippen LogP contribution in [-0.4, -0.2) is 21.6 Å². The van der Waals surface area contributed by atoms with Gasteiger partial charge in [0.25, 0.3) is 5.91 Å². The lowest BCUT2D eigenvalue weighted by molar-refractivity contribution is -0.114. The molecule has 6 N–H and O–H groups in total. The summed E-state index contributed by atoms with van der Waals surface area (Å²) < 4.78 is 1.79. The number of hydrogen-bond donors (Lipinski definition) is 4. The lowest BCUT2D eigenvalue weighted by Crippen LogP contribution is -2.13.